The van der Waals surface area contributed by atoms with Crippen LogP contribution in [0.5, 0.6) is 0 Å². The van der Waals surface area contributed by atoms with Crippen molar-refractivity contribution >= 4 is 11.6 Å². The average Bonchev–Trinajstić information content (AvgIpc) is 2.48. The molecule has 2 heteroatoms. The molecule has 1 aromatic rings. The van der Waals surface area contributed by atoms with E-state index in [9.17, 15) is 4.79 Å². The summed E-state index contributed by atoms with van der Waals surface area (Å²) in [5, 5.41) is 0. The molecule has 1 rings (SSSR count). The third kappa shape index (κ3) is 4.87. The minimum Gasteiger partial charge on any atom is -0.309 e. The highest BCUT2D eigenvalue weighted by atomic mass is 16.2. The molecule has 0 atom stereocenters. The Balaban J connectivity index is 3.18. The molecule has 0 saturated carbocycles. The summed E-state index contributed by atoms with van der Waals surface area (Å²) in [4.78, 5) is 14.8. The fourth-order valence-corrected chi connectivity index (χ4v) is 2.79. The van der Waals surface area contributed by atoms with Crippen LogP contribution in [0.25, 0.3) is 0 Å². The molecule has 0 aliphatic carbocycles. The van der Waals surface area contributed by atoms with E-state index in [0.29, 0.717) is 6.04 Å². The molecular formula is C19H31NO. The zero-order valence-corrected chi connectivity index (χ0v) is 14.4. The average molecular weight is 289 g/mol. The van der Waals surface area contributed by atoms with E-state index >= 15 is 0 Å². The van der Waals surface area contributed by atoms with Crippen molar-refractivity contribution in [2.45, 2.75) is 72.8 Å². The van der Waals surface area contributed by atoms with E-state index in [-0.39, 0.29) is 11.8 Å². The molecule has 118 valence electrons. The molecule has 0 aliphatic rings. The van der Waals surface area contributed by atoms with Gasteiger partial charge in [0.1, 0.15) is 0 Å². The van der Waals surface area contributed by atoms with E-state index in [4.69, 9.17) is 0 Å². The Labute approximate surface area is 130 Å². The van der Waals surface area contributed by atoms with Gasteiger partial charge in [0.2, 0.25) is 5.91 Å². The SMILES string of the molecule is CCCC(CCC)N(C(=O)C(C)C)c1cccc(CC)c1. The molecule has 2 nitrogen and oxygen atoms in total. The molecule has 1 amide bonds. The summed E-state index contributed by atoms with van der Waals surface area (Å²) in [5.41, 5.74) is 2.36. The maximum atomic E-state index is 12.8. The quantitative estimate of drug-likeness (QED) is 0.643. The largest absolute Gasteiger partial charge is 0.309 e. The van der Waals surface area contributed by atoms with Crippen LogP contribution in [0, 0.1) is 5.92 Å². The third-order valence-corrected chi connectivity index (χ3v) is 3.94. The highest BCUT2D eigenvalue weighted by molar-refractivity contribution is 5.95. The first-order chi connectivity index (χ1) is 10.0. The van der Waals surface area contributed by atoms with Crippen LogP contribution in [0.15, 0.2) is 24.3 Å². The van der Waals surface area contributed by atoms with Crippen molar-refractivity contribution in [3.05, 3.63) is 29.8 Å². The molecule has 0 aromatic heterocycles. The van der Waals surface area contributed by atoms with Gasteiger partial charge in [0.25, 0.3) is 0 Å². The third-order valence-electron chi connectivity index (χ3n) is 3.94. The first kappa shape index (κ1) is 17.7. The Morgan fingerprint density at radius 2 is 1.71 bits per heavy atom. The second kappa shape index (κ2) is 8.86. The van der Waals surface area contributed by atoms with Crippen molar-refractivity contribution in [1.29, 1.82) is 0 Å². The lowest BCUT2D eigenvalue weighted by Gasteiger charge is -2.33. The Bertz CT molecular complexity index is 433. The normalized spacial score (nSPS) is 11.2. The van der Waals surface area contributed by atoms with Crippen molar-refractivity contribution in [2.24, 2.45) is 5.92 Å². The van der Waals surface area contributed by atoms with Gasteiger partial charge in [-0.05, 0) is 37.0 Å². The zero-order chi connectivity index (χ0) is 15.8. The lowest BCUT2D eigenvalue weighted by Crippen LogP contribution is -2.42. The van der Waals surface area contributed by atoms with E-state index in [1.807, 2.05) is 13.8 Å². The van der Waals surface area contributed by atoms with Gasteiger partial charge in [-0.15, -0.1) is 0 Å². The van der Waals surface area contributed by atoms with Gasteiger partial charge in [0, 0.05) is 17.6 Å². The van der Waals surface area contributed by atoms with E-state index in [1.165, 1.54) is 5.56 Å². The molecule has 0 aliphatic heterocycles. The lowest BCUT2D eigenvalue weighted by atomic mass is 10.0. The van der Waals surface area contributed by atoms with Gasteiger partial charge < -0.3 is 4.90 Å². The van der Waals surface area contributed by atoms with Crippen molar-refractivity contribution in [2.75, 3.05) is 4.90 Å². The molecule has 1 aromatic carbocycles. The summed E-state index contributed by atoms with van der Waals surface area (Å²) in [6.07, 6.45) is 5.37. The second-order valence-corrected chi connectivity index (χ2v) is 6.12. The molecule has 0 N–H and O–H groups in total. The van der Waals surface area contributed by atoms with Crippen LogP contribution in [-0.2, 0) is 11.2 Å². The van der Waals surface area contributed by atoms with E-state index in [2.05, 4.69) is 49.9 Å². The predicted octanol–water partition coefficient (Wildman–Crippen LogP) is 5.21. The summed E-state index contributed by atoms with van der Waals surface area (Å²) in [6.45, 7) is 10.5. The van der Waals surface area contributed by atoms with Gasteiger partial charge in [-0.3, -0.25) is 4.79 Å². The number of rotatable bonds is 8. The van der Waals surface area contributed by atoms with Crippen LogP contribution >= 0.6 is 0 Å². The number of anilines is 1. The summed E-state index contributed by atoms with van der Waals surface area (Å²) < 4.78 is 0. The van der Waals surface area contributed by atoms with Crippen molar-refractivity contribution in [1.82, 2.24) is 0 Å². The van der Waals surface area contributed by atoms with Crippen LogP contribution in [0.1, 0.15) is 65.9 Å². The summed E-state index contributed by atoms with van der Waals surface area (Å²) in [7, 11) is 0. The van der Waals surface area contributed by atoms with E-state index in [1.54, 1.807) is 0 Å². The minimum atomic E-state index is 0.0338. The molecule has 0 radical (unpaired) electrons. The van der Waals surface area contributed by atoms with Gasteiger partial charge in [-0.25, -0.2) is 0 Å². The number of carbonyl (C=O) groups excluding carboxylic acids is 1. The monoisotopic (exact) mass is 289 g/mol. The molecule has 0 heterocycles. The standard InChI is InChI=1S/C19H31NO/c1-6-10-17(11-7-2)20(19(21)15(4)5)18-13-9-12-16(8-3)14-18/h9,12-15,17H,6-8,10-11H2,1-5H3. The van der Waals surface area contributed by atoms with Crippen LogP contribution in [0.4, 0.5) is 5.69 Å². The molecule has 0 bridgehead atoms. The number of nitrogens with zero attached hydrogens (tertiary/aromatic N) is 1. The summed E-state index contributed by atoms with van der Waals surface area (Å²) >= 11 is 0. The number of benzene rings is 1. The molecule has 0 spiro atoms. The predicted molar refractivity (Wildman–Crippen MR) is 91.7 cm³/mol. The zero-order valence-electron chi connectivity index (χ0n) is 14.4. The van der Waals surface area contributed by atoms with Gasteiger partial charge >= 0.3 is 0 Å². The summed E-state index contributed by atoms with van der Waals surface area (Å²) in [6, 6.07) is 8.79. The van der Waals surface area contributed by atoms with Gasteiger partial charge in [0.15, 0.2) is 0 Å². The highest BCUT2D eigenvalue weighted by Gasteiger charge is 2.26. The van der Waals surface area contributed by atoms with Crippen molar-refractivity contribution in [3.63, 3.8) is 0 Å². The number of carbonyl (C=O) groups is 1. The Kier molecular flexibility index (Phi) is 7.49. The Morgan fingerprint density at radius 3 is 2.19 bits per heavy atom. The smallest absolute Gasteiger partial charge is 0.229 e. The molecule has 0 unspecified atom stereocenters. The number of hydrogen-bond acceptors (Lipinski definition) is 1. The van der Waals surface area contributed by atoms with Gasteiger partial charge in [0.05, 0.1) is 0 Å². The Hall–Kier alpha value is -1.31. The molecule has 0 saturated heterocycles. The highest BCUT2D eigenvalue weighted by Crippen LogP contribution is 2.25. The fourth-order valence-electron chi connectivity index (χ4n) is 2.79. The van der Waals surface area contributed by atoms with Crippen LogP contribution in [-0.4, -0.2) is 11.9 Å². The maximum Gasteiger partial charge on any atom is 0.229 e. The Morgan fingerprint density at radius 1 is 1.10 bits per heavy atom. The maximum absolute atomic E-state index is 12.8. The van der Waals surface area contributed by atoms with Crippen LogP contribution in [0.3, 0.4) is 0 Å². The first-order valence-corrected chi connectivity index (χ1v) is 8.47. The number of aryl methyl sites for hydroxylation is 1. The fraction of sp³-hybridized carbons (Fsp3) is 0.632. The summed E-state index contributed by atoms with van der Waals surface area (Å²) in [5.74, 6) is 0.279. The number of amides is 1. The molecule has 0 fully saturated rings. The van der Waals surface area contributed by atoms with Crippen LogP contribution < -0.4 is 4.90 Å². The topological polar surface area (TPSA) is 20.3 Å². The van der Waals surface area contributed by atoms with Crippen LogP contribution in [0.2, 0.25) is 0 Å². The van der Waals surface area contributed by atoms with Gasteiger partial charge in [-0.1, -0.05) is 59.6 Å². The van der Waals surface area contributed by atoms with E-state index < -0.39 is 0 Å². The first-order valence-electron chi connectivity index (χ1n) is 8.47. The molecule has 21 heavy (non-hydrogen) atoms. The van der Waals surface area contributed by atoms with Gasteiger partial charge in [-0.2, -0.15) is 0 Å². The lowest BCUT2D eigenvalue weighted by molar-refractivity contribution is -0.122. The second-order valence-electron chi connectivity index (χ2n) is 6.12. The minimum absolute atomic E-state index is 0.0338. The van der Waals surface area contributed by atoms with E-state index in [0.717, 1.165) is 37.8 Å². The molecular weight excluding hydrogens is 258 g/mol. The van der Waals surface area contributed by atoms with Crippen molar-refractivity contribution in [3.8, 4) is 0 Å². The number of hydrogen-bond donors (Lipinski definition) is 0. The van der Waals surface area contributed by atoms with Crippen molar-refractivity contribution < 1.29 is 4.79 Å².